The Morgan fingerprint density at radius 2 is 1.62 bits per heavy atom. The lowest BCUT2D eigenvalue weighted by Gasteiger charge is -2.38. The van der Waals surface area contributed by atoms with Crippen molar-refractivity contribution < 1.29 is 31.9 Å². The Morgan fingerprint density at radius 1 is 0.956 bits per heavy atom. The first kappa shape index (κ1) is 30.1. The van der Waals surface area contributed by atoms with Gasteiger partial charge in [-0.25, -0.2) is 23.2 Å². The predicted molar refractivity (Wildman–Crippen MR) is 156 cm³/mol. The molecule has 1 fully saturated rings. The Balaban J connectivity index is 1.37. The van der Waals surface area contributed by atoms with Gasteiger partial charge in [-0.3, -0.25) is 4.79 Å². The average Bonchev–Trinajstić information content (AvgIpc) is 3.51. The lowest BCUT2D eigenvalue weighted by molar-refractivity contribution is -0.137. The number of nitrogens with zero attached hydrogens (tertiary/aromatic N) is 6. The SMILES string of the molecule is O=C(O)c1cn(-c2ccc(Cn3cncn3)cc2)c2c(F)c(N3CCN(c4ccc(Cl)c(C(F)(F)F)c4)CC3)c(F)cc2c1=O. The highest BCUT2D eigenvalue weighted by Gasteiger charge is 2.34. The molecule has 2 aromatic heterocycles. The van der Waals surface area contributed by atoms with E-state index in [9.17, 15) is 27.9 Å². The largest absolute Gasteiger partial charge is 0.477 e. The predicted octanol–water partition coefficient (Wildman–Crippen LogP) is 5.61. The number of aromatic nitrogens is 4. The smallest absolute Gasteiger partial charge is 0.417 e. The highest BCUT2D eigenvalue weighted by Crippen LogP contribution is 2.38. The van der Waals surface area contributed by atoms with Gasteiger partial charge in [-0.15, -0.1) is 0 Å². The zero-order valence-electron chi connectivity index (χ0n) is 23.1. The molecule has 3 heterocycles. The minimum absolute atomic E-state index is 0.0394. The zero-order valence-corrected chi connectivity index (χ0v) is 23.9. The summed E-state index contributed by atoms with van der Waals surface area (Å²) < 4.78 is 74.9. The van der Waals surface area contributed by atoms with Crippen molar-refractivity contribution in [1.29, 1.82) is 0 Å². The molecule has 0 saturated carbocycles. The Bertz CT molecular complexity index is 1970. The van der Waals surface area contributed by atoms with Crippen LogP contribution in [0.4, 0.5) is 33.3 Å². The van der Waals surface area contributed by atoms with Gasteiger partial charge in [-0.2, -0.15) is 18.3 Å². The Kier molecular flexibility index (Phi) is 7.69. The van der Waals surface area contributed by atoms with E-state index in [1.54, 1.807) is 33.8 Å². The number of rotatable bonds is 6. The van der Waals surface area contributed by atoms with Crippen LogP contribution in [-0.4, -0.2) is 56.6 Å². The van der Waals surface area contributed by atoms with Crippen molar-refractivity contribution in [2.75, 3.05) is 36.0 Å². The van der Waals surface area contributed by atoms with Crippen molar-refractivity contribution in [3.05, 3.63) is 111 Å². The zero-order chi connectivity index (χ0) is 32.0. The highest BCUT2D eigenvalue weighted by atomic mass is 35.5. The fourth-order valence-corrected chi connectivity index (χ4v) is 5.65. The van der Waals surface area contributed by atoms with Crippen LogP contribution in [0.25, 0.3) is 16.6 Å². The van der Waals surface area contributed by atoms with E-state index in [0.29, 0.717) is 12.2 Å². The van der Waals surface area contributed by atoms with Crippen molar-refractivity contribution in [2.45, 2.75) is 12.7 Å². The molecular formula is C30H22ClF5N6O3. The lowest BCUT2D eigenvalue weighted by atomic mass is 10.1. The van der Waals surface area contributed by atoms with Crippen molar-refractivity contribution in [2.24, 2.45) is 0 Å². The Morgan fingerprint density at radius 3 is 2.24 bits per heavy atom. The molecule has 45 heavy (non-hydrogen) atoms. The number of benzene rings is 3. The first-order valence-corrected chi connectivity index (χ1v) is 13.9. The molecule has 1 N–H and O–H groups in total. The molecule has 9 nitrogen and oxygen atoms in total. The molecule has 3 aromatic carbocycles. The fraction of sp³-hybridized carbons (Fsp3) is 0.200. The summed E-state index contributed by atoms with van der Waals surface area (Å²) in [6.45, 7) is 0.728. The van der Waals surface area contributed by atoms with Crippen LogP contribution in [0.3, 0.4) is 0 Å². The number of piperazine rings is 1. The van der Waals surface area contributed by atoms with Gasteiger partial charge in [-0.05, 0) is 42.0 Å². The van der Waals surface area contributed by atoms with Crippen molar-refractivity contribution in [1.82, 2.24) is 19.3 Å². The van der Waals surface area contributed by atoms with Crippen LogP contribution in [0, 0.1) is 11.6 Å². The van der Waals surface area contributed by atoms with Gasteiger partial charge in [0.25, 0.3) is 0 Å². The van der Waals surface area contributed by atoms with Gasteiger partial charge in [0.15, 0.2) is 5.82 Å². The molecule has 0 amide bonds. The van der Waals surface area contributed by atoms with E-state index < -0.39 is 56.4 Å². The molecule has 5 aromatic rings. The summed E-state index contributed by atoms with van der Waals surface area (Å²) in [5.41, 5.74) is -2.08. The number of anilines is 2. The molecule has 0 radical (unpaired) electrons. The van der Waals surface area contributed by atoms with Crippen LogP contribution >= 0.6 is 11.6 Å². The number of alkyl halides is 3. The van der Waals surface area contributed by atoms with Gasteiger partial charge in [0.05, 0.1) is 28.0 Å². The Labute approximate surface area is 256 Å². The van der Waals surface area contributed by atoms with Crippen LogP contribution in [-0.2, 0) is 12.7 Å². The van der Waals surface area contributed by atoms with Crippen molar-refractivity contribution in [3.8, 4) is 5.69 Å². The number of aromatic carboxylic acids is 1. The highest BCUT2D eigenvalue weighted by molar-refractivity contribution is 6.31. The second kappa shape index (κ2) is 11.5. The molecule has 0 aliphatic carbocycles. The first-order chi connectivity index (χ1) is 21.4. The lowest BCUT2D eigenvalue weighted by Crippen LogP contribution is -2.47. The van der Waals surface area contributed by atoms with Crippen LogP contribution in [0.1, 0.15) is 21.5 Å². The number of pyridine rings is 1. The number of carboxylic acids is 1. The molecule has 0 atom stereocenters. The van der Waals surface area contributed by atoms with Gasteiger partial charge >= 0.3 is 12.1 Å². The summed E-state index contributed by atoms with van der Waals surface area (Å²) in [6.07, 6.45) is -0.737. The maximum Gasteiger partial charge on any atom is 0.417 e. The minimum Gasteiger partial charge on any atom is -0.477 e. The first-order valence-electron chi connectivity index (χ1n) is 13.5. The number of carbonyl (C=O) groups is 1. The average molecular weight is 645 g/mol. The minimum atomic E-state index is -4.65. The van der Waals surface area contributed by atoms with E-state index in [1.807, 2.05) is 0 Å². The topological polar surface area (TPSA) is 96.5 Å². The maximum atomic E-state index is 16.4. The summed E-state index contributed by atoms with van der Waals surface area (Å²) >= 11 is 5.74. The normalized spacial score (nSPS) is 13.9. The van der Waals surface area contributed by atoms with Crippen molar-refractivity contribution >= 4 is 39.8 Å². The van der Waals surface area contributed by atoms with E-state index in [-0.39, 0.29) is 37.4 Å². The van der Waals surface area contributed by atoms with Gasteiger partial charge < -0.3 is 19.5 Å². The fourth-order valence-electron chi connectivity index (χ4n) is 5.43. The van der Waals surface area contributed by atoms with Crippen LogP contribution in [0.2, 0.25) is 5.02 Å². The summed E-state index contributed by atoms with van der Waals surface area (Å²) in [7, 11) is 0. The monoisotopic (exact) mass is 644 g/mol. The summed E-state index contributed by atoms with van der Waals surface area (Å²) in [5.74, 6) is -3.71. The molecule has 1 saturated heterocycles. The third-order valence-electron chi connectivity index (χ3n) is 7.63. The van der Waals surface area contributed by atoms with Gasteiger partial charge in [0, 0.05) is 43.8 Å². The number of hydrogen-bond acceptors (Lipinski definition) is 6. The summed E-state index contributed by atoms with van der Waals surface area (Å²) in [4.78, 5) is 31.9. The molecule has 1 aliphatic heterocycles. The molecule has 15 heteroatoms. The van der Waals surface area contributed by atoms with E-state index in [4.69, 9.17) is 11.6 Å². The standard InChI is InChI=1S/C30H22ClF5N6O3/c31-23-6-5-19(11-22(23)30(34,35)36)39-7-9-40(10-8-39)27-24(32)12-20-26(25(27)33)42(14-21(28(20)43)29(44)45)18-3-1-17(2-4-18)13-41-16-37-15-38-41/h1-6,11-12,14-16H,7-10,13H2,(H,44,45). The third-order valence-corrected chi connectivity index (χ3v) is 7.96. The van der Waals surface area contributed by atoms with Crippen LogP contribution in [0.5, 0.6) is 0 Å². The van der Waals surface area contributed by atoms with Crippen LogP contribution < -0.4 is 15.2 Å². The number of carboxylic acid groups (broad SMARTS) is 1. The van der Waals surface area contributed by atoms with Gasteiger partial charge in [0.2, 0.25) is 5.43 Å². The van der Waals surface area contributed by atoms with Gasteiger partial charge in [-0.1, -0.05) is 23.7 Å². The van der Waals surface area contributed by atoms with E-state index in [1.165, 1.54) is 28.2 Å². The number of halogens is 6. The van der Waals surface area contributed by atoms with Gasteiger partial charge in [0.1, 0.15) is 29.7 Å². The second-order valence-corrected chi connectivity index (χ2v) is 10.8. The van der Waals surface area contributed by atoms with E-state index >= 15 is 8.78 Å². The maximum absolute atomic E-state index is 16.4. The molecule has 6 rings (SSSR count). The Hall–Kier alpha value is -4.98. The second-order valence-electron chi connectivity index (χ2n) is 10.4. The molecule has 0 bridgehead atoms. The quantitative estimate of drug-likeness (QED) is 0.240. The molecule has 0 spiro atoms. The number of hydrogen-bond donors (Lipinski definition) is 1. The molecule has 0 unspecified atom stereocenters. The molecule has 1 aliphatic rings. The van der Waals surface area contributed by atoms with Crippen LogP contribution in [0.15, 0.2) is 72.2 Å². The van der Waals surface area contributed by atoms with E-state index in [0.717, 1.165) is 30.0 Å². The summed E-state index contributed by atoms with van der Waals surface area (Å²) in [5, 5.41) is 12.8. The summed E-state index contributed by atoms with van der Waals surface area (Å²) in [6, 6.07) is 11.0. The van der Waals surface area contributed by atoms with Crippen molar-refractivity contribution in [3.63, 3.8) is 0 Å². The number of fused-ring (bicyclic) bond motifs is 1. The van der Waals surface area contributed by atoms with E-state index in [2.05, 4.69) is 10.1 Å². The molecule has 232 valence electrons. The molecular weight excluding hydrogens is 623 g/mol. The third kappa shape index (κ3) is 5.68.